The van der Waals surface area contributed by atoms with E-state index in [-0.39, 0.29) is 0 Å². The van der Waals surface area contributed by atoms with E-state index in [0.29, 0.717) is 18.4 Å². The molecule has 2 heterocycles. The minimum Gasteiger partial charge on any atom is -0.481 e. The molecule has 0 radical (unpaired) electrons. The number of carbonyl (C=O) groups is 1. The van der Waals surface area contributed by atoms with Crippen LogP contribution in [0, 0.1) is 11.8 Å². The number of nitrogens with zero attached hydrogens (tertiary/aromatic N) is 1. The Morgan fingerprint density at radius 2 is 2.33 bits per heavy atom. The lowest BCUT2D eigenvalue weighted by Gasteiger charge is -2.27. The summed E-state index contributed by atoms with van der Waals surface area (Å²) in [6.45, 7) is 2.03. The summed E-state index contributed by atoms with van der Waals surface area (Å²) in [6, 6.07) is 4.92. The predicted octanol–water partition coefficient (Wildman–Crippen LogP) is 3.00. The minimum absolute atomic E-state index is 0.332. The molecule has 3 rings (SSSR count). The van der Waals surface area contributed by atoms with Gasteiger partial charge in [-0.05, 0) is 49.1 Å². The van der Waals surface area contributed by atoms with Crippen molar-refractivity contribution in [2.75, 3.05) is 13.1 Å². The Bertz CT molecular complexity index is 413. The first-order valence-corrected chi connectivity index (χ1v) is 7.61. The highest BCUT2D eigenvalue weighted by Crippen LogP contribution is 2.47. The maximum absolute atomic E-state index is 10.8. The SMILES string of the molecule is O=C(O)CC1CCN(C(c2cccs2)C2CC2)C1. The van der Waals surface area contributed by atoms with Gasteiger partial charge in [-0.2, -0.15) is 0 Å². The van der Waals surface area contributed by atoms with E-state index in [4.69, 9.17) is 5.11 Å². The van der Waals surface area contributed by atoms with E-state index in [1.54, 1.807) is 0 Å². The fraction of sp³-hybridized carbons (Fsp3) is 0.643. The van der Waals surface area contributed by atoms with Crippen LogP contribution in [0.1, 0.15) is 36.6 Å². The highest BCUT2D eigenvalue weighted by atomic mass is 32.1. The van der Waals surface area contributed by atoms with Crippen LogP contribution in [0.4, 0.5) is 0 Å². The molecule has 1 aromatic rings. The number of likely N-dealkylation sites (tertiary alicyclic amines) is 1. The van der Waals surface area contributed by atoms with E-state index in [2.05, 4.69) is 22.4 Å². The van der Waals surface area contributed by atoms with Gasteiger partial charge in [0, 0.05) is 23.9 Å². The van der Waals surface area contributed by atoms with Gasteiger partial charge in [0.2, 0.25) is 0 Å². The number of thiophene rings is 1. The smallest absolute Gasteiger partial charge is 0.303 e. The van der Waals surface area contributed by atoms with Crippen molar-refractivity contribution in [2.45, 2.75) is 31.7 Å². The molecule has 2 unspecified atom stereocenters. The van der Waals surface area contributed by atoms with Crippen molar-refractivity contribution in [2.24, 2.45) is 11.8 Å². The molecule has 0 bridgehead atoms. The monoisotopic (exact) mass is 265 g/mol. The van der Waals surface area contributed by atoms with E-state index >= 15 is 0 Å². The second kappa shape index (κ2) is 5.02. The summed E-state index contributed by atoms with van der Waals surface area (Å²) in [6.07, 6.45) is 4.05. The van der Waals surface area contributed by atoms with Crippen molar-refractivity contribution in [3.05, 3.63) is 22.4 Å². The Balaban J connectivity index is 1.67. The molecule has 1 saturated carbocycles. The molecule has 0 spiro atoms. The summed E-state index contributed by atoms with van der Waals surface area (Å²) >= 11 is 1.84. The summed E-state index contributed by atoms with van der Waals surface area (Å²) in [7, 11) is 0. The number of carboxylic acid groups (broad SMARTS) is 1. The first-order valence-electron chi connectivity index (χ1n) is 6.73. The third-order valence-electron chi connectivity index (χ3n) is 4.08. The van der Waals surface area contributed by atoms with Gasteiger partial charge >= 0.3 is 5.97 Å². The van der Waals surface area contributed by atoms with Crippen molar-refractivity contribution in [1.82, 2.24) is 4.90 Å². The zero-order valence-corrected chi connectivity index (χ0v) is 11.2. The highest BCUT2D eigenvalue weighted by molar-refractivity contribution is 7.10. The van der Waals surface area contributed by atoms with Gasteiger partial charge in [-0.3, -0.25) is 9.69 Å². The molecule has 0 aromatic carbocycles. The van der Waals surface area contributed by atoms with Crippen molar-refractivity contribution in [3.63, 3.8) is 0 Å². The van der Waals surface area contributed by atoms with E-state index in [9.17, 15) is 4.79 Å². The summed E-state index contributed by atoms with van der Waals surface area (Å²) in [5, 5.41) is 11.0. The normalized spacial score (nSPS) is 26.3. The number of rotatable bonds is 5. The van der Waals surface area contributed by atoms with Crippen LogP contribution in [-0.2, 0) is 4.79 Å². The molecule has 18 heavy (non-hydrogen) atoms. The van der Waals surface area contributed by atoms with E-state index < -0.39 is 5.97 Å². The number of hydrogen-bond acceptors (Lipinski definition) is 3. The van der Waals surface area contributed by atoms with E-state index in [1.807, 2.05) is 11.3 Å². The molecule has 2 aliphatic rings. The van der Waals surface area contributed by atoms with Crippen LogP contribution in [0.2, 0.25) is 0 Å². The zero-order valence-electron chi connectivity index (χ0n) is 10.4. The third kappa shape index (κ3) is 2.59. The number of aliphatic carboxylic acids is 1. The number of carboxylic acids is 1. The van der Waals surface area contributed by atoms with Gasteiger partial charge in [0.25, 0.3) is 0 Å². The Hall–Kier alpha value is -0.870. The van der Waals surface area contributed by atoms with Crippen LogP contribution >= 0.6 is 11.3 Å². The summed E-state index contributed by atoms with van der Waals surface area (Å²) in [5.41, 5.74) is 0. The van der Waals surface area contributed by atoms with Gasteiger partial charge in [0.1, 0.15) is 0 Å². The van der Waals surface area contributed by atoms with Crippen molar-refractivity contribution < 1.29 is 9.90 Å². The first kappa shape index (κ1) is 12.2. The third-order valence-corrected chi connectivity index (χ3v) is 5.02. The van der Waals surface area contributed by atoms with Gasteiger partial charge in [-0.25, -0.2) is 0 Å². The fourth-order valence-electron chi connectivity index (χ4n) is 3.11. The molecule has 3 nitrogen and oxygen atoms in total. The predicted molar refractivity (Wildman–Crippen MR) is 71.7 cm³/mol. The lowest BCUT2D eigenvalue weighted by Crippen LogP contribution is -2.27. The molecule has 0 amide bonds. The molecule has 1 aliphatic carbocycles. The molecular formula is C14H19NO2S. The summed E-state index contributed by atoms with van der Waals surface area (Å²) < 4.78 is 0. The molecule has 1 aliphatic heterocycles. The minimum atomic E-state index is -0.652. The maximum Gasteiger partial charge on any atom is 0.303 e. The molecule has 2 fully saturated rings. The van der Waals surface area contributed by atoms with Crippen LogP contribution in [-0.4, -0.2) is 29.1 Å². The van der Waals surface area contributed by atoms with Crippen molar-refractivity contribution >= 4 is 17.3 Å². The molecule has 1 aromatic heterocycles. The zero-order chi connectivity index (χ0) is 12.5. The average Bonchev–Trinajstić information content (AvgIpc) is 2.82. The van der Waals surface area contributed by atoms with Crippen LogP contribution < -0.4 is 0 Å². The van der Waals surface area contributed by atoms with Gasteiger partial charge in [0.05, 0.1) is 0 Å². The lowest BCUT2D eigenvalue weighted by molar-refractivity contribution is -0.138. The molecule has 4 heteroatoms. The molecule has 1 N–H and O–H groups in total. The summed E-state index contributed by atoms with van der Waals surface area (Å²) in [5.74, 6) is 0.511. The van der Waals surface area contributed by atoms with Crippen LogP contribution in [0.15, 0.2) is 17.5 Å². The Labute approximate surface area is 111 Å². The van der Waals surface area contributed by atoms with Crippen molar-refractivity contribution in [3.8, 4) is 0 Å². The van der Waals surface area contributed by atoms with Crippen LogP contribution in [0.5, 0.6) is 0 Å². The topological polar surface area (TPSA) is 40.5 Å². The molecule has 1 saturated heterocycles. The van der Waals surface area contributed by atoms with Crippen molar-refractivity contribution in [1.29, 1.82) is 0 Å². The molecule has 98 valence electrons. The Morgan fingerprint density at radius 3 is 2.94 bits per heavy atom. The van der Waals surface area contributed by atoms with Gasteiger partial charge in [-0.15, -0.1) is 11.3 Å². The quantitative estimate of drug-likeness (QED) is 0.889. The lowest BCUT2D eigenvalue weighted by atomic mass is 10.1. The van der Waals surface area contributed by atoms with E-state index in [0.717, 1.165) is 25.4 Å². The standard InChI is InChI=1S/C14H19NO2S/c16-13(17)8-10-5-6-15(9-10)14(11-3-4-11)12-2-1-7-18-12/h1-2,7,10-11,14H,3-6,8-9H2,(H,16,17). The summed E-state index contributed by atoms with van der Waals surface area (Å²) in [4.78, 5) is 14.8. The van der Waals surface area contributed by atoms with E-state index in [1.165, 1.54) is 17.7 Å². The van der Waals surface area contributed by atoms with Crippen LogP contribution in [0.25, 0.3) is 0 Å². The average molecular weight is 265 g/mol. The molecule has 2 atom stereocenters. The fourth-order valence-corrected chi connectivity index (χ4v) is 4.06. The largest absolute Gasteiger partial charge is 0.481 e. The first-order chi connectivity index (χ1) is 8.74. The highest BCUT2D eigenvalue weighted by Gasteiger charge is 2.39. The Morgan fingerprint density at radius 1 is 1.50 bits per heavy atom. The van der Waals surface area contributed by atoms with Gasteiger partial charge < -0.3 is 5.11 Å². The maximum atomic E-state index is 10.8. The Kier molecular flexibility index (Phi) is 3.39. The van der Waals surface area contributed by atoms with Gasteiger partial charge in [-0.1, -0.05) is 6.07 Å². The second-order valence-electron chi connectivity index (χ2n) is 5.55. The second-order valence-corrected chi connectivity index (χ2v) is 6.52. The van der Waals surface area contributed by atoms with Crippen LogP contribution in [0.3, 0.4) is 0 Å². The van der Waals surface area contributed by atoms with Gasteiger partial charge in [0.15, 0.2) is 0 Å². The molecular weight excluding hydrogens is 246 g/mol. The number of hydrogen-bond donors (Lipinski definition) is 1.